The number of hydrogen-bond donors (Lipinski definition) is 0. The lowest BCUT2D eigenvalue weighted by Gasteiger charge is -2.09. The second-order valence-corrected chi connectivity index (χ2v) is 4.80. The van der Waals surface area contributed by atoms with Gasteiger partial charge in [0.25, 0.3) is 0 Å². The fourth-order valence-electron chi connectivity index (χ4n) is 2.34. The van der Waals surface area contributed by atoms with Gasteiger partial charge in [0.15, 0.2) is 0 Å². The Morgan fingerprint density at radius 1 is 1.44 bits per heavy atom. The highest BCUT2D eigenvalue weighted by molar-refractivity contribution is 5.43. The van der Waals surface area contributed by atoms with E-state index in [0.29, 0.717) is 5.92 Å². The molecule has 0 saturated heterocycles. The molecule has 2 rings (SSSR count). The molecule has 0 radical (unpaired) electrons. The van der Waals surface area contributed by atoms with Gasteiger partial charge in [0, 0.05) is 30.8 Å². The number of hydrogen-bond acceptors (Lipinski definition) is 2. The molecule has 92 valence electrons. The predicted molar refractivity (Wildman–Crippen MR) is 71.3 cm³/mol. The maximum atomic E-state index is 9.20. The Morgan fingerprint density at radius 2 is 2.22 bits per heavy atom. The van der Waals surface area contributed by atoms with Crippen LogP contribution in [-0.2, 0) is 6.54 Å². The summed E-state index contributed by atoms with van der Waals surface area (Å²) in [6, 6.07) is 6.27. The Hall–Kier alpha value is -2.08. The maximum Gasteiger partial charge on any atom is 0.101 e. The fraction of sp³-hybridized carbons (Fsp3) is 0.333. The third-order valence-electron chi connectivity index (χ3n) is 3.17. The first kappa shape index (κ1) is 12.4. The highest BCUT2D eigenvalue weighted by Crippen LogP contribution is 2.25. The van der Waals surface area contributed by atoms with Crippen LogP contribution in [0.2, 0.25) is 0 Å². The van der Waals surface area contributed by atoms with Gasteiger partial charge in [0.05, 0.1) is 5.56 Å². The van der Waals surface area contributed by atoms with Gasteiger partial charge in [0.2, 0.25) is 0 Å². The summed E-state index contributed by atoms with van der Waals surface area (Å²) in [5, 5.41) is 9.20. The van der Waals surface area contributed by atoms with Crippen LogP contribution in [0.1, 0.15) is 42.1 Å². The Morgan fingerprint density at radius 3 is 2.72 bits per heavy atom. The van der Waals surface area contributed by atoms with E-state index in [1.807, 2.05) is 24.5 Å². The second-order valence-electron chi connectivity index (χ2n) is 4.80. The average Bonchev–Trinajstić information content (AvgIpc) is 2.67. The van der Waals surface area contributed by atoms with E-state index in [-0.39, 0.29) is 0 Å². The largest absolute Gasteiger partial charge is 0.346 e. The predicted octanol–water partition coefficient (Wildman–Crippen LogP) is 3.23. The van der Waals surface area contributed by atoms with Crippen LogP contribution in [0, 0.1) is 18.3 Å². The monoisotopic (exact) mass is 239 g/mol. The van der Waals surface area contributed by atoms with Crippen molar-refractivity contribution < 1.29 is 0 Å². The molecule has 18 heavy (non-hydrogen) atoms. The molecule has 2 aromatic rings. The molecule has 0 N–H and O–H groups in total. The molecule has 3 nitrogen and oxygen atoms in total. The van der Waals surface area contributed by atoms with Gasteiger partial charge in [-0.05, 0) is 30.0 Å². The van der Waals surface area contributed by atoms with Crippen molar-refractivity contribution in [3.8, 4) is 6.07 Å². The van der Waals surface area contributed by atoms with Crippen LogP contribution in [0.3, 0.4) is 0 Å². The summed E-state index contributed by atoms with van der Waals surface area (Å²) in [6.07, 6.45) is 5.57. The van der Waals surface area contributed by atoms with Crippen LogP contribution in [0.25, 0.3) is 0 Å². The molecule has 3 heteroatoms. The molecule has 2 heterocycles. The first-order valence-electron chi connectivity index (χ1n) is 6.12. The Balaban J connectivity index is 2.39. The Bertz CT molecular complexity index is 574. The van der Waals surface area contributed by atoms with Crippen molar-refractivity contribution in [1.82, 2.24) is 9.55 Å². The van der Waals surface area contributed by atoms with E-state index in [2.05, 4.69) is 36.4 Å². The summed E-state index contributed by atoms with van der Waals surface area (Å²) in [4.78, 5) is 4.12. The zero-order chi connectivity index (χ0) is 13.1. The lowest BCUT2D eigenvalue weighted by atomic mass is 10.00. The van der Waals surface area contributed by atoms with E-state index < -0.39 is 0 Å². The smallest absolute Gasteiger partial charge is 0.101 e. The average molecular weight is 239 g/mol. The fourth-order valence-corrected chi connectivity index (χ4v) is 2.34. The molecule has 0 aliphatic heterocycles. The van der Waals surface area contributed by atoms with Gasteiger partial charge >= 0.3 is 0 Å². The highest BCUT2D eigenvalue weighted by Gasteiger charge is 2.15. The Labute approximate surface area is 108 Å². The van der Waals surface area contributed by atoms with Crippen LogP contribution in [0.15, 0.2) is 30.7 Å². The molecule has 0 amide bonds. The van der Waals surface area contributed by atoms with Gasteiger partial charge < -0.3 is 4.57 Å². The van der Waals surface area contributed by atoms with Crippen molar-refractivity contribution in [2.75, 3.05) is 0 Å². The van der Waals surface area contributed by atoms with Crippen LogP contribution >= 0.6 is 0 Å². The SMILES string of the molecule is Cc1c(C(C)C)c(C#N)cn1Cc1cccnc1. The normalized spacial score (nSPS) is 10.6. The summed E-state index contributed by atoms with van der Waals surface area (Å²) in [6.45, 7) is 7.09. The molecular formula is C15H17N3. The summed E-state index contributed by atoms with van der Waals surface area (Å²) < 4.78 is 2.13. The molecule has 0 aromatic carbocycles. The van der Waals surface area contributed by atoms with Crippen molar-refractivity contribution in [2.24, 2.45) is 0 Å². The van der Waals surface area contributed by atoms with Crippen LogP contribution < -0.4 is 0 Å². The van der Waals surface area contributed by atoms with E-state index in [0.717, 1.165) is 23.2 Å². The minimum Gasteiger partial charge on any atom is -0.346 e. The summed E-state index contributed by atoms with van der Waals surface area (Å²) in [5.41, 5.74) is 4.26. The molecule has 0 bridgehead atoms. The molecule has 0 atom stereocenters. The second kappa shape index (κ2) is 5.05. The minimum atomic E-state index is 0.370. The van der Waals surface area contributed by atoms with E-state index in [9.17, 15) is 5.26 Å². The van der Waals surface area contributed by atoms with Crippen molar-refractivity contribution >= 4 is 0 Å². The highest BCUT2D eigenvalue weighted by atomic mass is 15.0. The van der Waals surface area contributed by atoms with E-state index in [4.69, 9.17) is 0 Å². The van der Waals surface area contributed by atoms with Crippen molar-refractivity contribution in [3.05, 3.63) is 53.1 Å². The third kappa shape index (κ3) is 2.28. The minimum absolute atomic E-state index is 0.370. The van der Waals surface area contributed by atoms with E-state index >= 15 is 0 Å². The zero-order valence-corrected chi connectivity index (χ0v) is 11.0. The third-order valence-corrected chi connectivity index (χ3v) is 3.17. The van der Waals surface area contributed by atoms with Crippen molar-refractivity contribution in [1.29, 1.82) is 5.26 Å². The molecular weight excluding hydrogens is 222 g/mol. The number of nitrogens with zero attached hydrogens (tertiary/aromatic N) is 3. The van der Waals surface area contributed by atoms with Gasteiger partial charge in [-0.2, -0.15) is 5.26 Å². The Kier molecular flexibility index (Phi) is 3.47. The van der Waals surface area contributed by atoms with Gasteiger partial charge in [-0.1, -0.05) is 19.9 Å². The molecule has 0 saturated carbocycles. The summed E-state index contributed by atoms with van der Waals surface area (Å²) >= 11 is 0. The molecule has 2 aromatic heterocycles. The standard InChI is InChI=1S/C15H17N3/c1-11(2)15-12(3)18(10-14(15)7-16)9-13-5-4-6-17-8-13/h4-6,8,10-11H,9H2,1-3H3. The number of rotatable bonds is 3. The van der Waals surface area contributed by atoms with Crippen LogP contribution in [0.5, 0.6) is 0 Å². The molecule has 0 spiro atoms. The topological polar surface area (TPSA) is 41.6 Å². The number of nitriles is 1. The molecule has 0 aliphatic carbocycles. The molecule has 0 aliphatic rings. The van der Waals surface area contributed by atoms with Gasteiger partial charge in [-0.3, -0.25) is 4.98 Å². The van der Waals surface area contributed by atoms with Gasteiger partial charge in [-0.25, -0.2) is 0 Å². The lowest BCUT2D eigenvalue weighted by molar-refractivity contribution is 0.753. The van der Waals surface area contributed by atoms with Crippen LogP contribution in [-0.4, -0.2) is 9.55 Å². The van der Waals surface area contributed by atoms with Crippen LogP contribution in [0.4, 0.5) is 0 Å². The van der Waals surface area contributed by atoms with Crippen molar-refractivity contribution in [2.45, 2.75) is 33.2 Å². The van der Waals surface area contributed by atoms with E-state index in [1.165, 1.54) is 5.69 Å². The first-order valence-corrected chi connectivity index (χ1v) is 6.12. The quantitative estimate of drug-likeness (QED) is 0.825. The molecule has 0 unspecified atom stereocenters. The first-order chi connectivity index (χ1) is 8.63. The van der Waals surface area contributed by atoms with Crippen molar-refractivity contribution in [3.63, 3.8) is 0 Å². The maximum absolute atomic E-state index is 9.20. The number of pyridine rings is 1. The lowest BCUT2D eigenvalue weighted by Crippen LogP contribution is -2.02. The summed E-state index contributed by atoms with van der Waals surface area (Å²) in [7, 11) is 0. The molecule has 0 fully saturated rings. The zero-order valence-electron chi connectivity index (χ0n) is 11.0. The van der Waals surface area contributed by atoms with Gasteiger partial charge in [-0.15, -0.1) is 0 Å². The van der Waals surface area contributed by atoms with E-state index in [1.54, 1.807) is 6.20 Å². The number of aromatic nitrogens is 2. The van der Waals surface area contributed by atoms with Gasteiger partial charge in [0.1, 0.15) is 6.07 Å². The summed E-state index contributed by atoms with van der Waals surface area (Å²) in [5.74, 6) is 0.370.